The van der Waals surface area contributed by atoms with Crippen molar-refractivity contribution in [1.82, 2.24) is 10.2 Å². The molecule has 96 valence electrons. The van der Waals surface area contributed by atoms with Crippen LogP contribution in [0, 0.1) is 0 Å². The molecule has 1 aromatic heterocycles. The van der Waals surface area contributed by atoms with Gasteiger partial charge in [0.15, 0.2) is 11.5 Å². The standard InChI is InChI=1S/C12H15N3O3/c1-16-9-4-2-3-5-10(9)17-7-6-11-14-15-12(8-13)18-11/h2-5H,6-8,13H2,1H3. The summed E-state index contributed by atoms with van der Waals surface area (Å²) in [7, 11) is 1.60. The van der Waals surface area contributed by atoms with Gasteiger partial charge in [-0.3, -0.25) is 0 Å². The molecule has 0 atom stereocenters. The molecule has 0 saturated heterocycles. The van der Waals surface area contributed by atoms with Crippen LogP contribution in [-0.4, -0.2) is 23.9 Å². The van der Waals surface area contributed by atoms with Crippen LogP contribution in [0.25, 0.3) is 0 Å². The van der Waals surface area contributed by atoms with Gasteiger partial charge in [0.1, 0.15) is 0 Å². The van der Waals surface area contributed by atoms with Crippen LogP contribution in [0.3, 0.4) is 0 Å². The second kappa shape index (κ2) is 6.02. The third kappa shape index (κ3) is 2.98. The fourth-order valence-corrected chi connectivity index (χ4v) is 1.46. The molecular weight excluding hydrogens is 234 g/mol. The van der Waals surface area contributed by atoms with Gasteiger partial charge in [-0.15, -0.1) is 10.2 Å². The number of para-hydroxylation sites is 2. The van der Waals surface area contributed by atoms with Crippen LogP contribution >= 0.6 is 0 Å². The van der Waals surface area contributed by atoms with E-state index in [-0.39, 0.29) is 6.54 Å². The van der Waals surface area contributed by atoms with Crippen LogP contribution in [0.1, 0.15) is 11.8 Å². The van der Waals surface area contributed by atoms with Gasteiger partial charge in [-0.25, -0.2) is 0 Å². The third-order valence-electron chi connectivity index (χ3n) is 2.33. The second-order valence-corrected chi connectivity index (χ2v) is 3.54. The Labute approximate surface area is 105 Å². The Morgan fingerprint density at radius 1 is 1.17 bits per heavy atom. The van der Waals surface area contributed by atoms with Crippen molar-refractivity contribution < 1.29 is 13.9 Å². The molecule has 0 radical (unpaired) electrons. The lowest BCUT2D eigenvalue weighted by molar-refractivity contribution is 0.285. The van der Waals surface area contributed by atoms with E-state index in [1.54, 1.807) is 7.11 Å². The summed E-state index contributed by atoms with van der Waals surface area (Å²) in [5.41, 5.74) is 5.38. The topological polar surface area (TPSA) is 83.4 Å². The predicted molar refractivity (Wildman–Crippen MR) is 64.4 cm³/mol. The van der Waals surface area contributed by atoms with Crippen molar-refractivity contribution in [2.45, 2.75) is 13.0 Å². The molecule has 0 aliphatic rings. The molecule has 2 aromatic rings. The fourth-order valence-electron chi connectivity index (χ4n) is 1.46. The van der Waals surface area contributed by atoms with Crippen molar-refractivity contribution in [1.29, 1.82) is 0 Å². The van der Waals surface area contributed by atoms with Crippen molar-refractivity contribution >= 4 is 0 Å². The van der Waals surface area contributed by atoms with Crippen molar-refractivity contribution in [3.05, 3.63) is 36.0 Å². The number of methoxy groups -OCH3 is 1. The number of hydrogen-bond donors (Lipinski definition) is 1. The summed E-state index contributed by atoms with van der Waals surface area (Å²) in [6.45, 7) is 0.687. The van der Waals surface area contributed by atoms with Crippen molar-refractivity contribution in [2.75, 3.05) is 13.7 Å². The maximum atomic E-state index is 5.59. The van der Waals surface area contributed by atoms with E-state index < -0.39 is 0 Å². The van der Waals surface area contributed by atoms with Crippen molar-refractivity contribution in [3.63, 3.8) is 0 Å². The molecular formula is C12H15N3O3. The van der Waals surface area contributed by atoms with E-state index in [4.69, 9.17) is 19.6 Å². The maximum absolute atomic E-state index is 5.59. The van der Waals surface area contributed by atoms with Crippen LogP contribution < -0.4 is 15.2 Å². The number of hydrogen-bond acceptors (Lipinski definition) is 6. The summed E-state index contributed by atoms with van der Waals surface area (Å²) in [5, 5.41) is 7.63. The Balaban J connectivity index is 1.88. The number of nitrogens with zero attached hydrogens (tertiary/aromatic N) is 2. The van der Waals surface area contributed by atoms with Crippen LogP contribution in [0.4, 0.5) is 0 Å². The zero-order valence-corrected chi connectivity index (χ0v) is 10.1. The molecule has 2 rings (SSSR count). The van der Waals surface area contributed by atoms with Gasteiger partial charge in [0.05, 0.1) is 26.7 Å². The molecule has 0 aliphatic heterocycles. The summed E-state index contributed by atoms with van der Waals surface area (Å²) in [4.78, 5) is 0. The first-order valence-electron chi connectivity index (χ1n) is 5.60. The van der Waals surface area contributed by atoms with Gasteiger partial charge in [-0.05, 0) is 12.1 Å². The minimum atomic E-state index is 0.250. The maximum Gasteiger partial charge on any atom is 0.230 e. The van der Waals surface area contributed by atoms with Crippen LogP contribution in [-0.2, 0) is 13.0 Å². The lowest BCUT2D eigenvalue weighted by Crippen LogP contribution is -2.02. The summed E-state index contributed by atoms with van der Waals surface area (Å²) >= 11 is 0. The summed E-state index contributed by atoms with van der Waals surface area (Å²) in [6.07, 6.45) is 0.533. The largest absolute Gasteiger partial charge is 0.493 e. The van der Waals surface area contributed by atoms with Gasteiger partial charge in [0.2, 0.25) is 11.8 Å². The fraction of sp³-hybridized carbons (Fsp3) is 0.333. The normalized spacial score (nSPS) is 10.3. The van der Waals surface area contributed by atoms with Crippen LogP contribution in [0.2, 0.25) is 0 Å². The first-order valence-corrected chi connectivity index (χ1v) is 5.60. The van der Waals surface area contributed by atoms with E-state index in [9.17, 15) is 0 Å². The number of aromatic nitrogens is 2. The molecule has 1 aromatic carbocycles. The Morgan fingerprint density at radius 3 is 2.56 bits per heavy atom. The summed E-state index contributed by atoms with van der Waals surface area (Å²) < 4.78 is 16.0. The highest BCUT2D eigenvalue weighted by Gasteiger charge is 2.06. The average molecular weight is 249 g/mol. The van der Waals surface area contributed by atoms with Gasteiger partial charge in [0, 0.05) is 0 Å². The summed E-state index contributed by atoms with van der Waals surface area (Å²) in [5.74, 6) is 2.34. The molecule has 18 heavy (non-hydrogen) atoms. The third-order valence-corrected chi connectivity index (χ3v) is 2.33. The van der Waals surface area contributed by atoms with Gasteiger partial charge in [-0.2, -0.15) is 0 Å². The molecule has 0 amide bonds. The molecule has 0 spiro atoms. The number of nitrogens with two attached hydrogens (primary N) is 1. The molecule has 6 heteroatoms. The Kier molecular flexibility index (Phi) is 4.14. The van der Waals surface area contributed by atoms with Crippen molar-refractivity contribution in [2.24, 2.45) is 5.73 Å². The zero-order chi connectivity index (χ0) is 12.8. The second-order valence-electron chi connectivity index (χ2n) is 3.54. The Morgan fingerprint density at radius 2 is 1.89 bits per heavy atom. The highest BCUT2D eigenvalue weighted by atomic mass is 16.5. The predicted octanol–water partition coefficient (Wildman–Crippen LogP) is 1.16. The molecule has 6 nitrogen and oxygen atoms in total. The van der Waals surface area contributed by atoms with E-state index in [1.807, 2.05) is 24.3 Å². The van der Waals surface area contributed by atoms with Gasteiger partial charge in [0.25, 0.3) is 0 Å². The highest BCUT2D eigenvalue weighted by Crippen LogP contribution is 2.25. The van der Waals surface area contributed by atoms with E-state index in [2.05, 4.69) is 10.2 Å². The lowest BCUT2D eigenvalue weighted by Gasteiger charge is -2.08. The first kappa shape index (κ1) is 12.4. The minimum absolute atomic E-state index is 0.250. The minimum Gasteiger partial charge on any atom is -0.493 e. The molecule has 2 N–H and O–H groups in total. The van der Waals surface area contributed by atoms with Crippen LogP contribution in [0.15, 0.2) is 28.7 Å². The highest BCUT2D eigenvalue weighted by molar-refractivity contribution is 5.39. The molecule has 0 bridgehead atoms. The average Bonchev–Trinajstić information content (AvgIpc) is 2.87. The Hall–Kier alpha value is -2.08. The zero-order valence-electron chi connectivity index (χ0n) is 10.1. The van der Waals surface area contributed by atoms with E-state index in [0.29, 0.717) is 36.3 Å². The number of benzene rings is 1. The monoisotopic (exact) mass is 249 g/mol. The van der Waals surface area contributed by atoms with Gasteiger partial charge < -0.3 is 19.6 Å². The molecule has 0 aliphatic carbocycles. The van der Waals surface area contributed by atoms with E-state index >= 15 is 0 Å². The molecule has 0 fully saturated rings. The molecule has 1 heterocycles. The number of rotatable bonds is 6. The quantitative estimate of drug-likeness (QED) is 0.827. The van der Waals surface area contributed by atoms with E-state index in [0.717, 1.165) is 0 Å². The van der Waals surface area contributed by atoms with Crippen molar-refractivity contribution in [3.8, 4) is 11.5 Å². The number of ether oxygens (including phenoxy) is 2. The van der Waals surface area contributed by atoms with Gasteiger partial charge in [-0.1, -0.05) is 12.1 Å². The molecule has 0 unspecified atom stereocenters. The smallest absolute Gasteiger partial charge is 0.230 e. The molecule has 0 saturated carbocycles. The first-order chi connectivity index (χ1) is 8.83. The van der Waals surface area contributed by atoms with E-state index in [1.165, 1.54) is 0 Å². The van der Waals surface area contributed by atoms with Gasteiger partial charge >= 0.3 is 0 Å². The summed E-state index contributed by atoms with van der Waals surface area (Å²) in [6, 6.07) is 7.46. The van der Waals surface area contributed by atoms with Crippen LogP contribution in [0.5, 0.6) is 11.5 Å². The SMILES string of the molecule is COc1ccccc1OCCc1nnc(CN)o1. The lowest BCUT2D eigenvalue weighted by atomic mass is 10.3. The Bertz CT molecular complexity index is 499.